The summed E-state index contributed by atoms with van der Waals surface area (Å²) in [5.74, 6) is 1.12. The highest BCUT2D eigenvalue weighted by Crippen LogP contribution is 2.16. The number of rotatable bonds is 6. The number of H-pyrrole nitrogens is 1. The minimum atomic E-state index is -0.119. The number of hydrogen-bond donors (Lipinski definition) is 2. The Hall–Kier alpha value is -2.63. The zero-order valence-electron chi connectivity index (χ0n) is 13.5. The van der Waals surface area contributed by atoms with Crippen molar-refractivity contribution in [3.05, 3.63) is 57.8 Å². The minimum absolute atomic E-state index is 0.119. The average molecular weight is 311 g/mol. The first-order valence-corrected chi connectivity index (χ1v) is 8.00. The molecule has 3 aromatic rings. The minimum Gasteiger partial charge on any atom is -0.378 e. The molecule has 0 radical (unpaired) electrons. The van der Waals surface area contributed by atoms with Crippen molar-refractivity contribution in [3.63, 3.8) is 0 Å². The topological polar surface area (TPSA) is 75.1 Å². The molecule has 6 heteroatoms. The molecule has 120 valence electrons. The molecular weight excluding hydrogens is 290 g/mol. The molecule has 0 aliphatic rings. The summed E-state index contributed by atoms with van der Waals surface area (Å²) >= 11 is 0. The number of aryl methyl sites for hydroxylation is 2. The number of fused-ring (bicyclic) bond motifs is 1. The van der Waals surface area contributed by atoms with E-state index in [9.17, 15) is 4.79 Å². The highest BCUT2D eigenvalue weighted by atomic mass is 16.1. The fourth-order valence-corrected chi connectivity index (χ4v) is 2.61. The van der Waals surface area contributed by atoms with Crippen molar-refractivity contribution in [1.29, 1.82) is 0 Å². The van der Waals surface area contributed by atoms with E-state index < -0.39 is 0 Å². The summed E-state index contributed by atoms with van der Waals surface area (Å²) in [5.41, 5.74) is 3.01. The third kappa shape index (κ3) is 3.26. The lowest BCUT2D eigenvalue weighted by molar-refractivity contribution is 0.825. The van der Waals surface area contributed by atoms with Gasteiger partial charge in [0.1, 0.15) is 5.82 Å². The van der Waals surface area contributed by atoms with Crippen molar-refractivity contribution >= 4 is 11.5 Å². The molecule has 0 fully saturated rings. The van der Waals surface area contributed by atoms with Crippen LogP contribution >= 0.6 is 0 Å². The molecule has 0 saturated heterocycles. The van der Waals surface area contributed by atoms with Gasteiger partial charge in [0.25, 0.3) is 11.3 Å². The third-order valence-electron chi connectivity index (χ3n) is 3.78. The zero-order chi connectivity index (χ0) is 16.2. The van der Waals surface area contributed by atoms with Crippen LogP contribution in [0, 0.1) is 0 Å². The predicted molar refractivity (Wildman–Crippen MR) is 90.7 cm³/mol. The molecule has 0 unspecified atom stereocenters. The van der Waals surface area contributed by atoms with E-state index in [0.29, 0.717) is 18.1 Å². The largest absolute Gasteiger partial charge is 0.378 e. The van der Waals surface area contributed by atoms with E-state index in [-0.39, 0.29) is 5.56 Å². The van der Waals surface area contributed by atoms with Crippen LogP contribution < -0.4 is 10.9 Å². The number of hydrogen-bond acceptors (Lipinski definition) is 4. The number of nitrogens with one attached hydrogen (secondary N) is 2. The smallest absolute Gasteiger partial charge is 0.274 e. The van der Waals surface area contributed by atoms with Crippen LogP contribution in [0.15, 0.2) is 35.1 Å². The van der Waals surface area contributed by atoms with Crippen LogP contribution in [0.25, 0.3) is 5.78 Å². The molecular formula is C17H21N5O. The maximum atomic E-state index is 12.1. The Labute approximate surface area is 134 Å². The lowest BCUT2D eigenvalue weighted by Gasteiger charge is -2.08. The first-order chi connectivity index (χ1) is 11.2. The molecule has 0 saturated carbocycles. The molecule has 0 aliphatic carbocycles. The molecule has 2 aromatic heterocycles. The van der Waals surface area contributed by atoms with Gasteiger partial charge in [-0.3, -0.25) is 9.89 Å². The van der Waals surface area contributed by atoms with E-state index in [2.05, 4.69) is 40.3 Å². The number of aromatic nitrogens is 4. The maximum Gasteiger partial charge on any atom is 0.274 e. The van der Waals surface area contributed by atoms with Gasteiger partial charge in [-0.05, 0) is 24.5 Å². The van der Waals surface area contributed by atoms with E-state index in [4.69, 9.17) is 0 Å². The summed E-state index contributed by atoms with van der Waals surface area (Å²) < 4.78 is 1.39. The van der Waals surface area contributed by atoms with Crippen molar-refractivity contribution in [3.8, 4) is 0 Å². The molecule has 0 bridgehead atoms. The molecule has 23 heavy (non-hydrogen) atoms. The molecule has 0 spiro atoms. The van der Waals surface area contributed by atoms with E-state index in [0.717, 1.165) is 30.6 Å². The van der Waals surface area contributed by atoms with Crippen LogP contribution in [0.3, 0.4) is 0 Å². The summed E-state index contributed by atoms with van der Waals surface area (Å²) in [6, 6.07) is 9.75. The standard InChI is InChI=1S/C17H21N5O/c1-3-7-13-10-16(23)22-17(19-13)20-15(21-22)11-18-14-9-6-5-8-12(14)4-2/h5-6,8-10,18H,3-4,7,11H2,1-2H3,(H,19,20,21). The maximum absolute atomic E-state index is 12.1. The van der Waals surface area contributed by atoms with Gasteiger partial charge < -0.3 is 5.32 Å². The Balaban J connectivity index is 1.83. The summed E-state index contributed by atoms with van der Waals surface area (Å²) in [6.45, 7) is 4.71. The quantitative estimate of drug-likeness (QED) is 0.733. The first kappa shape index (κ1) is 15.3. The van der Waals surface area contributed by atoms with Crippen LogP contribution in [0.4, 0.5) is 5.69 Å². The predicted octanol–water partition coefficient (Wildman–Crippen LogP) is 2.54. The lowest BCUT2D eigenvalue weighted by Crippen LogP contribution is -2.16. The van der Waals surface area contributed by atoms with E-state index in [1.54, 1.807) is 6.07 Å². The summed E-state index contributed by atoms with van der Waals surface area (Å²) in [6.07, 6.45) is 2.70. The third-order valence-corrected chi connectivity index (χ3v) is 3.78. The summed E-state index contributed by atoms with van der Waals surface area (Å²) in [4.78, 5) is 20.9. The van der Waals surface area contributed by atoms with E-state index in [1.807, 2.05) is 18.2 Å². The molecule has 1 aromatic carbocycles. The molecule has 6 nitrogen and oxygen atoms in total. The molecule has 0 amide bonds. The van der Waals surface area contributed by atoms with Crippen LogP contribution in [0.2, 0.25) is 0 Å². The van der Waals surface area contributed by atoms with Gasteiger partial charge in [-0.25, -0.2) is 4.98 Å². The zero-order valence-corrected chi connectivity index (χ0v) is 13.5. The Morgan fingerprint density at radius 1 is 1.22 bits per heavy atom. The van der Waals surface area contributed by atoms with E-state index >= 15 is 0 Å². The van der Waals surface area contributed by atoms with Crippen molar-refractivity contribution in [2.24, 2.45) is 0 Å². The van der Waals surface area contributed by atoms with Crippen LogP contribution in [-0.4, -0.2) is 19.6 Å². The summed E-state index contributed by atoms with van der Waals surface area (Å²) in [7, 11) is 0. The van der Waals surface area contributed by atoms with Gasteiger partial charge in [0.05, 0.1) is 12.2 Å². The van der Waals surface area contributed by atoms with Gasteiger partial charge in [-0.1, -0.05) is 38.5 Å². The first-order valence-electron chi connectivity index (χ1n) is 8.00. The number of benzene rings is 1. The van der Waals surface area contributed by atoms with Gasteiger partial charge in [0.2, 0.25) is 0 Å². The molecule has 2 heterocycles. The Morgan fingerprint density at radius 2 is 2.04 bits per heavy atom. The number of anilines is 1. The van der Waals surface area contributed by atoms with Gasteiger partial charge in [-0.2, -0.15) is 9.50 Å². The lowest BCUT2D eigenvalue weighted by atomic mass is 10.1. The molecule has 0 atom stereocenters. The number of para-hydroxylation sites is 1. The second-order valence-corrected chi connectivity index (χ2v) is 5.51. The molecule has 0 aliphatic heterocycles. The van der Waals surface area contributed by atoms with Gasteiger partial charge in [0.15, 0.2) is 0 Å². The van der Waals surface area contributed by atoms with Crippen molar-refractivity contribution in [2.75, 3.05) is 5.32 Å². The van der Waals surface area contributed by atoms with E-state index in [1.165, 1.54) is 10.1 Å². The monoisotopic (exact) mass is 311 g/mol. The Kier molecular flexibility index (Phi) is 4.41. The van der Waals surface area contributed by atoms with Crippen molar-refractivity contribution < 1.29 is 0 Å². The average Bonchev–Trinajstić information content (AvgIpc) is 2.97. The normalized spacial score (nSPS) is 11.0. The highest BCUT2D eigenvalue weighted by molar-refractivity contribution is 5.51. The Bertz CT molecular complexity index is 865. The number of nitrogens with zero attached hydrogens (tertiary/aromatic N) is 3. The van der Waals surface area contributed by atoms with Gasteiger partial charge >= 0.3 is 0 Å². The molecule has 3 rings (SSSR count). The second-order valence-electron chi connectivity index (χ2n) is 5.51. The van der Waals surface area contributed by atoms with Crippen LogP contribution in [0.5, 0.6) is 0 Å². The highest BCUT2D eigenvalue weighted by Gasteiger charge is 2.08. The van der Waals surface area contributed by atoms with Crippen molar-refractivity contribution in [2.45, 2.75) is 39.7 Å². The van der Waals surface area contributed by atoms with Gasteiger partial charge in [-0.15, -0.1) is 0 Å². The van der Waals surface area contributed by atoms with Crippen LogP contribution in [-0.2, 0) is 19.4 Å². The molecule has 2 N–H and O–H groups in total. The fraction of sp³-hybridized carbons (Fsp3) is 0.353. The van der Waals surface area contributed by atoms with Crippen molar-refractivity contribution in [1.82, 2.24) is 19.6 Å². The Morgan fingerprint density at radius 3 is 2.83 bits per heavy atom. The van der Waals surface area contributed by atoms with Gasteiger partial charge in [0, 0.05) is 11.8 Å². The second kappa shape index (κ2) is 6.64. The SMILES string of the molecule is CCCc1cc(=O)n2[nH]c(CNc3ccccc3CC)nc2n1. The summed E-state index contributed by atoms with van der Waals surface area (Å²) in [5, 5.41) is 6.37. The number of aromatic amines is 1. The fourth-order valence-electron chi connectivity index (χ4n) is 2.61. The van der Waals surface area contributed by atoms with Crippen LogP contribution in [0.1, 0.15) is 37.4 Å².